The van der Waals surface area contributed by atoms with Gasteiger partial charge in [0, 0.05) is 37.4 Å². The van der Waals surface area contributed by atoms with E-state index in [1.165, 1.54) is 9.47 Å². The van der Waals surface area contributed by atoms with Crippen LogP contribution in [0.5, 0.6) is 0 Å². The molecule has 1 atom stereocenters. The summed E-state index contributed by atoms with van der Waals surface area (Å²) in [6, 6.07) is 13.1. The largest absolute Gasteiger partial charge is 0.465 e. The molecule has 0 aliphatic carbocycles. The van der Waals surface area contributed by atoms with Crippen molar-refractivity contribution in [1.82, 2.24) is 24.4 Å². The average molecular weight is 533 g/mol. The van der Waals surface area contributed by atoms with Crippen LogP contribution in [0.4, 0.5) is 10.6 Å². The number of piperazine rings is 1. The highest BCUT2D eigenvalue weighted by Crippen LogP contribution is 2.35. The van der Waals surface area contributed by atoms with Gasteiger partial charge in [0.05, 0.1) is 27.5 Å². The Hall–Kier alpha value is -3.98. The number of carbonyl (C=O) groups is 1. The van der Waals surface area contributed by atoms with Gasteiger partial charge in [-0.1, -0.05) is 55.8 Å². The van der Waals surface area contributed by atoms with Crippen molar-refractivity contribution in [2.24, 2.45) is 0 Å². The number of benzene rings is 1. The van der Waals surface area contributed by atoms with Gasteiger partial charge in [0.15, 0.2) is 5.65 Å². The predicted molar refractivity (Wildman–Crippen MR) is 149 cm³/mol. The van der Waals surface area contributed by atoms with Gasteiger partial charge in [0.1, 0.15) is 5.82 Å². The highest BCUT2D eigenvalue weighted by Gasteiger charge is 2.30. The van der Waals surface area contributed by atoms with Crippen LogP contribution in [0, 0.1) is 6.92 Å². The summed E-state index contributed by atoms with van der Waals surface area (Å²) < 4.78 is 1.54. The lowest BCUT2D eigenvalue weighted by molar-refractivity contribution is 0.136. The standard InChI is InChI=1S/C28H29ClN6O3/c1-16(2)22-24(17(3)10-11-30-22)35-26-20(14-21(29)23(31-26)19-8-6-5-7-9-19)25(32-27(35)36)34-13-12-33(28(37)38)15-18(34)4/h5-11,14,16,18H,12-13,15H2,1-4H3,(H,37,38). The predicted octanol–water partition coefficient (Wildman–Crippen LogP) is 5.12. The molecule has 0 bridgehead atoms. The molecule has 1 N–H and O–H groups in total. The van der Waals surface area contributed by atoms with E-state index < -0.39 is 11.8 Å². The van der Waals surface area contributed by atoms with Crippen LogP contribution in [0.2, 0.25) is 5.02 Å². The van der Waals surface area contributed by atoms with Gasteiger partial charge in [-0.05, 0) is 37.5 Å². The first-order chi connectivity index (χ1) is 18.2. The van der Waals surface area contributed by atoms with E-state index in [9.17, 15) is 14.7 Å². The molecule has 4 heterocycles. The van der Waals surface area contributed by atoms with Gasteiger partial charge >= 0.3 is 11.8 Å². The quantitative estimate of drug-likeness (QED) is 0.389. The van der Waals surface area contributed by atoms with Gasteiger partial charge in [-0.15, -0.1) is 0 Å². The van der Waals surface area contributed by atoms with E-state index in [1.807, 2.05) is 75.1 Å². The fraction of sp³-hybridized carbons (Fsp3) is 0.321. The number of carboxylic acid groups (broad SMARTS) is 1. The number of nitrogens with zero attached hydrogens (tertiary/aromatic N) is 6. The maximum absolute atomic E-state index is 13.9. The molecule has 1 unspecified atom stereocenters. The average Bonchev–Trinajstić information content (AvgIpc) is 2.89. The van der Waals surface area contributed by atoms with Crippen molar-refractivity contribution >= 4 is 34.5 Å². The number of hydrogen-bond acceptors (Lipinski definition) is 6. The number of amides is 1. The lowest BCUT2D eigenvalue weighted by Gasteiger charge is -2.39. The van der Waals surface area contributed by atoms with Crippen LogP contribution in [0.3, 0.4) is 0 Å². The van der Waals surface area contributed by atoms with Crippen molar-refractivity contribution in [1.29, 1.82) is 0 Å². The minimum absolute atomic E-state index is 0.0524. The summed E-state index contributed by atoms with van der Waals surface area (Å²) in [5.74, 6) is 0.497. The summed E-state index contributed by atoms with van der Waals surface area (Å²) in [5, 5.41) is 10.5. The molecular formula is C28H29ClN6O3. The van der Waals surface area contributed by atoms with E-state index in [0.717, 1.165) is 16.8 Å². The lowest BCUT2D eigenvalue weighted by atomic mass is 10.0. The van der Waals surface area contributed by atoms with Crippen molar-refractivity contribution in [2.45, 2.75) is 39.7 Å². The third kappa shape index (κ3) is 4.47. The smallest absolute Gasteiger partial charge is 0.407 e. The van der Waals surface area contributed by atoms with E-state index in [4.69, 9.17) is 16.6 Å². The highest BCUT2D eigenvalue weighted by atomic mass is 35.5. The molecule has 4 aromatic rings. The van der Waals surface area contributed by atoms with Crippen molar-refractivity contribution in [3.8, 4) is 16.9 Å². The molecule has 5 rings (SSSR count). The molecule has 10 heteroatoms. The summed E-state index contributed by atoms with van der Waals surface area (Å²) in [6.07, 6.45) is 0.780. The van der Waals surface area contributed by atoms with Crippen molar-refractivity contribution < 1.29 is 9.90 Å². The summed E-state index contributed by atoms with van der Waals surface area (Å²) in [5.41, 5.74) is 3.64. The molecule has 1 fully saturated rings. The van der Waals surface area contributed by atoms with Gasteiger partial charge in [0.25, 0.3) is 0 Å². The van der Waals surface area contributed by atoms with Crippen LogP contribution in [0.25, 0.3) is 28.0 Å². The second-order valence-electron chi connectivity index (χ2n) is 9.90. The Bertz CT molecular complexity index is 1590. The van der Waals surface area contributed by atoms with Gasteiger partial charge in [0.2, 0.25) is 0 Å². The van der Waals surface area contributed by atoms with Gasteiger partial charge < -0.3 is 14.9 Å². The van der Waals surface area contributed by atoms with E-state index in [2.05, 4.69) is 9.97 Å². The molecule has 3 aromatic heterocycles. The Labute approximate surface area is 225 Å². The van der Waals surface area contributed by atoms with Crippen LogP contribution in [-0.4, -0.2) is 61.3 Å². The number of fused-ring (bicyclic) bond motifs is 1. The fourth-order valence-corrected chi connectivity index (χ4v) is 5.32. The Morgan fingerprint density at radius 3 is 2.53 bits per heavy atom. The van der Waals surface area contributed by atoms with Crippen molar-refractivity contribution in [3.63, 3.8) is 0 Å². The molecule has 196 valence electrons. The SMILES string of the molecule is Cc1ccnc(C(C)C)c1-n1c(=O)nc(N2CCN(C(=O)O)CC2C)c2cc(Cl)c(-c3ccccc3)nc21. The number of halogens is 1. The zero-order valence-electron chi connectivity index (χ0n) is 21.7. The van der Waals surface area contributed by atoms with E-state index in [1.54, 1.807) is 6.20 Å². The first-order valence-electron chi connectivity index (χ1n) is 12.6. The second kappa shape index (κ2) is 10.1. The molecule has 0 spiro atoms. The van der Waals surface area contributed by atoms with E-state index >= 15 is 0 Å². The minimum atomic E-state index is -0.963. The molecule has 1 saturated heterocycles. The molecule has 38 heavy (non-hydrogen) atoms. The highest BCUT2D eigenvalue weighted by molar-refractivity contribution is 6.33. The fourth-order valence-electron chi connectivity index (χ4n) is 5.06. The Kier molecular flexibility index (Phi) is 6.79. The van der Waals surface area contributed by atoms with Gasteiger partial charge in [-0.25, -0.2) is 19.1 Å². The summed E-state index contributed by atoms with van der Waals surface area (Å²) in [6.45, 7) is 8.91. The molecule has 1 aromatic carbocycles. The maximum Gasteiger partial charge on any atom is 0.407 e. The maximum atomic E-state index is 13.9. The topological polar surface area (TPSA) is 104 Å². The van der Waals surface area contributed by atoms with Crippen molar-refractivity contribution in [2.75, 3.05) is 24.5 Å². The normalized spacial score (nSPS) is 15.9. The summed E-state index contributed by atoms with van der Waals surface area (Å²) in [4.78, 5) is 42.9. The molecule has 1 amide bonds. The molecule has 1 aliphatic rings. The second-order valence-corrected chi connectivity index (χ2v) is 10.3. The Morgan fingerprint density at radius 1 is 1.13 bits per heavy atom. The van der Waals surface area contributed by atoms with E-state index in [0.29, 0.717) is 52.9 Å². The molecule has 9 nitrogen and oxygen atoms in total. The number of pyridine rings is 2. The van der Waals surface area contributed by atoms with Crippen molar-refractivity contribution in [3.05, 3.63) is 75.4 Å². The first-order valence-corrected chi connectivity index (χ1v) is 12.9. The monoisotopic (exact) mass is 532 g/mol. The van der Waals surface area contributed by atoms with Gasteiger partial charge in [-0.3, -0.25) is 4.98 Å². The van der Waals surface area contributed by atoms with E-state index in [-0.39, 0.29) is 12.0 Å². The molecule has 0 saturated carbocycles. The number of aromatic nitrogens is 4. The first kappa shape index (κ1) is 25.7. The van der Waals surface area contributed by atoms with Gasteiger partial charge in [-0.2, -0.15) is 4.98 Å². The minimum Gasteiger partial charge on any atom is -0.465 e. The molecule has 1 aliphatic heterocycles. The van der Waals surface area contributed by atoms with Crippen LogP contribution in [0.15, 0.2) is 53.5 Å². The number of aryl methyl sites for hydroxylation is 1. The third-order valence-corrected chi connectivity index (χ3v) is 7.23. The Morgan fingerprint density at radius 2 is 1.87 bits per heavy atom. The summed E-state index contributed by atoms with van der Waals surface area (Å²) in [7, 11) is 0. The Balaban J connectivity index is 1.82. The van der Waals surface area contributed by atoms with Crippen LogP contribution >= 0.6 is 11.6 Å². The number of hydrogen-bond donors (Lipinski definition) is 1. The van der Waals surface area contributed by atoms with Crippen LogP contribution in [-0.2, 0) is 0 Å². The zero-order valence-corrected chi connectivity index (χ0v) is 22.5. The molecular weight excluding hydrogens is 504 g/mol. The van der Waals surface area contributed by atoms with Crippen LogP contribution in [0.1, 0.15) is 37.9 Å². The third-order valence-electron chi connectivity index (χ3n) is 6.94. The number of anilines is 1. The van der Waals surface area contributed by atoms with Crippen LogP contribution < -0.4 is 10.6 Å². The lowest BCUT2D eigenvalue weighted by Crippen LogP contribution is -2.54. The summed E-state index contributed by atoms with van der Waals surface area (Å²) >= 11 is 6.81. The number of rotatable bonds is 4. The zero-order chi connectivity index (χ0) is 27.1. The molecule has 0 radical (unpaired) electrons.